The summed E-state index contributed by atoms with van der Waals surface area (Å²) in [6.45, 7) is 3.64. The van der Waals surface area contributed by atoms with Crippen molar-refractivity contribution in [3.63, 3.8) is 0 Å². The monoisotopic (exact) mass is 360 g/mol. The summed E-state index contributed by atoms with van der Waals surface area (Å²) >= 11 is 7.53. The van der Waals surface area contributed by atoms with E-state index in [1.165, 1.54) is 17.4 Å². The van der Waals surface area contributed by atoms with E-state index in [1.54, 1.807) is 25.1 Å². The lowest BCUT2D eigenvalue weighted by Crippen LogP contribution is -2.54. The molecule has 7 heteroatoms. The lowest BCUT2D eigenvalue weighted by molar-refractivity contribution is -0.122. The van der Waals surface area contributed by atoms with Crippen LogP contribution in [0.25, 0.3) is 6.08 Å². The van der Waals surface area contributed by atoms with Crippen molar-refractivity contribution in [3.8, 4) is 0 Å². The van der Waals surface area contributed by atoms with Crippen LogP contribution in [0.4, 0.5) is 10.5 Å². The van der Waals surface area contributed by atoms with E-state index in [2.05, 4.69) is 5.32 Å². The smallest absolute Gasteiger partial charge is 0.273 e. The van der Waals surface area contributed by atoms with Gasteiger partial charge in [-0.2, -0.15) is 0 Å². The van der Waals surface area contributed by atoms with Gasteiger partial charge in [-0.1, -0.05) is 17.7 Å². The maximum absolute atomic E-state index is 12.8. The Morgan fingerprint density at radius 2 is 1.88 bits per heavy atom. The molecular formula is C17H13ClN2O3S. The summed E-state index contributed by atoms with van der Waals surface area (Å²) in [5.41, 5.74) is 0.852. The van der Waals surface area contributed by atoms with Gasteiger partial charge >= 0.3 is 6.03 Å². The maximum Gasteiger partial charge on any atom is 0.335 e. The molecule has 1 saturated heterocycles. The van der Waals surface area contributed by atoms with Gasteiger partial charge in [0.25, 0.3) is 11.8 Å². The molecule has 2 heterocycles. The van der Waals surface area contributed by atoms with Crippen LogP contribution in [0.1, 0.15) is 15.3 Å². The number of nitrogens with one attached hydrogen (secondary N) is 1. The van der Waals surface area contributed by atoms with Gasteiger partial charge in [0.15, 0.2) is 0 Å². The third-order valence-corrected chi connectivity index (χ3v) is 4.99. The predicted molar refractivity (Wildman–Crippen MR) is 94.2 cm³/mol. The number of thiophene rings is 1. The lowest BCUT2D eigenvalue weighted by atomic mass is 10.1. The minimum atomic E-state index is -0.783. The molecule has 0 radical (unpaired) electrons. The zero-order valence-corrected chi connectivity index (χ0v) is 14.5. The normalized spacial score (nSPS) is 16.7. The molecule has 1 aromatic carbocycles. The number of nitrogens with zero attached hydrogens (tertiary/aromatic N) is 1. The number of carbonyl (C=O) groups is 3. The summed E-state index contributed by atoms with van der Waals surface area (Å²) in [4.78, 5) is 39.8. The van der Waals surface area contributed by atoms with Crippen molar-refractivity contribution in [2.45, 2.75) is 13.8 Å². The second-order valence-corrected chi connectivity index (χ2v) is 7.02. The molecule has 3 rings (SSSR count). The van der Waals surface area contributed by atoms with Gasteiger partial charge in [0.1, 0.15) is 5.57 Å². The van der Waals surface area contributed by atoms with Crippen LogP contribution in [0, 0.1) is 13.8 Å². The number of halogens is 1. The topological polar surface area (TPSA) is 66.5 Å². The van der Waals surface area contributed by atoms with Crippen LogP contribution in [-0.2, 0) is 9.59 Å². The Labute approximate surface area is 147 Å². The predicted octanol–water partition coefficient (Wildman–Crippen LogP) is 3.68. The molecule has 1 fully saturated rings. The Kier molecular flexibility index (Phi) is 4.26. The lowest BCUT2D eigenvalue weighted by Gasteiger charge is -2.27. The van der Waals surface area contributed by atoms with E-state index in [0.29, 0.717) is 16.3 Å². The van der Waals surface area contributed by atoms with E-state index in [-0.39, 0.29) is 5.57 Å². The van der Waals surface area contributed by atoms with E-state index in [0.717, 1.165) is 14.7 Å². The molecule has 1 aliphatic rings. The fourth-order valence-electron chi connectivity index (χ4n) is 2.39. The first-order valence-electron chi connectivity index (χ1n) is 7.11. The first-order valence-corrected chi connectivity index (χ1v) is 8.31. The van der Waals surface area contributed by atoms with Crippen molar-refractivity contribution >= 4 is 52.5 Å². The fourth-order valence-corrected chi connectivity index (χ4v) is 3.38. The second-order valence-electron chi connectivity index (χ2n) is 5.29. The number of hydrogen-bond donors (Lipinski definition) is 1. The van der Waals surface area contributed by atoms with Crippen LogP contribution < -0.4 is 10.2 Å². The Bertz CT molecular complexity index is 901. The molecule has 0 saturated carbocycles. The Hall–Kier alpha value is -2.44. The van der Waals surface area contributed by atoms with Gasteiger partial charge in [-0.3, -0.25) is 14.9 Å². The van der Waals surface area contributed by atoms with Crippen molar-refractivity contribution in [3.05, 3.63) is 56.2 Å². The number of hydrogen-bond acceptors (Lipinski definition) is 4. The number of urea groups is 1. The minimum Gasteiger partial charge on any atom is -0.273 e. The SMILES string of the molecule is Cc1ccc(/C=C2\C(=O)NC(=O)N(c3cccc(Cl)c3C)C2=O)s1. The molecule has 5 nitrogen and oxygen atoms in total. The zero-order valence-electron chi connectivity index (χ0n) is 12.9. The first kappa shape index (κ1) is 16.4. The number of barbiturate groups is 1. The molecular weight excluding hydrogens is 348 g/mol. The van der Waals surface area contributed by atoms with Crippen molar-refractivity contribution in [2.24, 2.45) is 0 Å². The van der Waals surface area contributed by atoms with Crippen molar-refractivity contribution in [1.29, 1.82) is 0 Å². The van der Waals surface area contributed by atoms with E-state index in [9.17, 15) is 14.4 Å². The minimum absolute atomic E-state index is 0.0872. The van der Waals surface area contributed by atoms with Crippen LogP contribution in [0.3, 0.4) is 0 Å². The molecule has 0 spiro atoms. The van der Waals surface area contributed by atoms with E-state index in [1.807, 2.05) is 19.1 Å². The Morgan fingerprint density at radius 3 is 2.54 bits per heavy atom. The molecule has 122 valence electrons. The summed E-state index contributed by atoms with van der Waals surface area (Å²) in [6.07, 6.45) is 1.49. The number of carbonyl (C=O) groups excluding carboxylic acids is 3. The van der Waals surface area contributed by atoms with Crippen molar-refractivity contribution in [1.82, 2.24) is 5.32 Å². The highest BCUT2D eigenvalue weighted by atomic mass is 35.5. The summed E-state index contributed by atoms with van der Waals surface area (Å²) in [6, 6.07) is 7.86. The van der Waals surface area contributed by atoms with E-state index >= 15 is 0 Å². The standard InChI is InChI=1S/C17H13ClN2O3S/c1-9-6-7-11(24-9)8-12-15(21)19-17(23)20(16(12)22)14-5-3-4-13(18)10(14)2/h3-8H,1-2H3,(H,19,21,23)/b12-8+. The highest BCUT2D eigenvalue weighted by Crippen LogP contribution is 2.30. The summed E-state index contributed by atoms with van der Waals surface area (Å²) < 4.78 is 0. The van der Waals surface area contributed by atoms with Crippen molar-refractivity contribution < 1.29 is 14.4 Å². The number of rotatable bonds is 2. The average Bonchev–Trinajstić information content (AvgIpc) is 2.93. The number of aryl methyl sites for hydroxylation is 1. The fraction of sp³-hybridized carbons (Fsp3) is 0.118. The van der Waals surface area contributed by atoms with Gasteiger partial charge in [-0.25, -0.2) is 9.69 Å². The van der Waals surface area contributed by atoms with E-state index < -0.39 is 17.8 Å². The highest BCUT2D eigenvalue weighted by molar-refractivity contribution is 7.12. The molecule has 1 aliphatic heterocycles. The molecule has 24 heavy (non-hydrogen) atoms. The van der Waals surface area contributed by atoms with Crippen LogP contribution in [0.2, 0.25) is 5.02 Å². The summed E-state index contributed by atoms with van der Waals surface area (Å²) in [7, 11) is 0. The van der Waals surface area contributed by atoms with Crippen LogP contribution in [-0.4, -0.2) is 17.8 Å². The van der Waals surface area contributed by atoms with Gasteiger partial charge in [-0.05, 0) is 49.8 Å². The third kappa shape index (κ3) is 2.86. The number of imide groups is 2. The molecule has 0 atom stereocenters. The molecule has 1 aromatic heterocycles. The molecule has 1 N–H and O–H groups in total. The molecule has 0 unspecified atom stereocenters. The maximum atomic E-state index is 12.8. The third-order valence-electron chi connectivity index (χ3n) is 3.63. The quantitative estimate of drug-likeness (QED) is 0.656. The van der Waals surface area contributed by atoms with Gasteiger partial charge < -0.3 is 0 Å². The van der Waals surface area contributed by atoms with E-state index in [4.69, 9.17) is 11.6 Å². The van der Waals surface area contributed by atoms with Gasteiger partial charge in [0.2, 0.25) is 0 Å². The molecule has 2 aromatic rings. The number of benzene rings is 1. The molecule has 0 aliphatic carbocycles. The molecule has 4 amide bonds. The Morgan fingerprint density at radius 1 is 1.12 bits per heavy atom. The van der Waals surface area contributed by atoms with Crippen LogP contribution >= 0.6 is 22.9 Å². The highest BCUT2D eigenvalue weighted by Gasteiger charge is 2.37. The van der Waals surface area contributed by atoms with Gasteiger partial charge in [0.05, 0.1) is 5.69 Å². The first-order chi connectivity index (χ1) is 11.4. The summed E-state index contributed by atoms with van der Waals surface area (Å²) in [5.74, 6) is -1.37. The zero-order chi connectivity index (χ0) is 17.4. The Balaban J connectivity index is 2.06. The number of amides is 4. The van der Waals surface area contributed by atoms with Crippen molar-refractivity contribution in [2.75, 3.05) is 4.90 Å². The average molecular weight is 361 g/mol. The largest absolute Gasteiger partial charge is 0.335 e. The van der Waals surface area contributed by atoms with Gasteiger partial charge in [0, 0.05) is 14.8 Å². The van der Waals surface area contributed by atoms with Crippen LogP contribution in [0.15, 0.2) is 35.9 Å². The second kappa shape index (κ2) is 6.22. The number of anilines is 1. The molecule has 0 bridgehead atoms. The van der Waals surface area contributed by atoms with Crippen LogP contribution in [0.5, 0.6) is 0 Å². The summed E-state index contributed by atoms with van der Waals surface area (Å²) in [5, 5.41) is 2.64. The van der Waals surface area contributed by atoms with Gasteiger partial charge in [-0.15, -0.1) is 11.3 Å².